The molecule has 8 unspecified atom stereocenters. The molecule has 0 nitrogen and oxygen atoms in total. The molecule has 0 spiro atoms. The van der Waals surface area contributed by atoms with Gasteiger partial charge in [-0.2, -0.15) is 0 Å². The van der Waals surface area contributed by atoms with Crippen molar-refractivity contribution in [3.05, 3.63) is 48.6 Å². The quantitative estimate of drug-likeness (QED) is 0.543. The maximum absolute atomic E-state index is 2.58. The van der Waals surface area contributed by atoms with Crippen LogP contribution < -0.4 is 0 Å². The van der Waals surface area contributed by atoms with Crippen molar-refractivity contribution in [2.45, 2.75) is 32.9 Å². The zero-order chi connectivity index (χ0) is 13.8. The van der Waals surface area contributed by atoms with Gasteiger partial charge in [-0.05, 0) is 0 Å². The van der Waals surface area contributed by atoms with E-state index in [1.165, 1.54) is 12.8 Å². The fraction of sp³-hybridized carbons (Fsp3) is 0.600. The van der Waals surface area contributed by atoms with Gasteiger partial charge in [0.15, 0.2) is 0 Å². The van der Waals surface area contributed by atoms with Crippen LogP contribution in [0.3, 0.4) is 0 Å². The Morgan fingerprint density at radius 1 is 0.667 bits per heavy atom. The van der Waals surface area contributed by atoms with Gasteiger partial charge in [0.05, 0.1) is 0 Å². The van der Waals surface area contributed by atoms with Crippen molar-refractivity contribution in [3.63, 3.8) is 0 Å². The Bertz CT molecular complexity index is 502. The standard InChI is InChI=1S/C20H24.Zr.2H/c1-2-6-18-12-15(11-17(18)5-1)9-10-16-13-19-7-3-4-8-20(19)14-16;;;/h1-8,11,13,15-20H,9-10,12,14H2;;;/q;+2;2*-1. The Kier molecular flexibility index (Phi) is 3.29. The summed E-state index contributed by atoms with van der Waals surface area (Å²) < 4.78 is 2.29. The van der Waals surface area contributed by atoms with Crippen molar-refractivity contribution in [3.8, 4) is 0 Å². The first-order valence-corrected chi connectivity index (χ1v) is 11.7. The van der Waals surface area contributed by atoms with E-state index in [2.05, 4.69) is 48.6 Å². The molecule has 5 rings (SSSR count). The number of hydrogen-bond donors (Lipinski definition) is 0. The van der Waals surface area contributed by atoms with Crippen LogP contribution in [0.2, 0.25) is 7.25 Å². The third-order valence-electron chi connectivity index (χ3n) is 6.88. The van der Waals surface area contributed by atoms with Crippen LogP contribution in [0.1, 0.15) is 28.5 Å². The molecular formula is C20H26Zr. The molecule has 0 N–H and O–H groups in total. The molecule has 2 saturated carbocycles. The Labute approximate surface area is 143 Å². The summed E-state index contributed by atoms with van der Waals surface area (Å²) >= 11 is -0.301. The van der Waals surface area contributed by atoms with Gasteiger partial charge in [-0.25, -0.2) is 0 Å². The number of rotatable bonds is 0. The molecule has 0 aromatic rings. The summed E-state index contributed by atoms with van der Waals surface area (Å²) in [4.78, 5) is 0. The first-order chi connectivity index (χ1) is 10.4. The minimum absolute atomic E-state index is 0. The van der Waals surface area contributed by atoms with Gasteiger partial charge in [0.2, 0.25) is 0 Å². The third-order valence-corrected chi connectivity index (χ3v) is 13.0. The maximum atomic E-state index is 2.58. The molecule has 5 aliphatic rings. The van der Waals surface area contributed by atoms with Crippen molar-refractivity contribution in [1.29, 1.82) is 0 Å². The van der Waals surface area contributed by atoms with Gasteiger partial charge in [-0.3, -0.25) is 0 Å². The van der Waals surface area contributed by atoms with E-state index in [1.54, 1.807) is 12.8 Å². The van der Waals surface area contributed by atoms with E-state index < -0.39 is 0 Å². The summed E-state index contributed by atoms with van der Waals surface area (Å²) in [6.07, 6.45) is 25.6. The molecule has 110 valence electrons. The van der Waals surface area contributed by atoms with Crippen molar-refractivity contribution in [2.75, 3.05) is 0 Å². The van der Waals surface area contributed by atoms with Gasteiger partial charge in [0.1, 0.15) is 0 Å². The van der Waals surface area contributed by atoms with Crippen LogP contribution >= 0.6 is 0 Å². The van der Waals surface area contributed by atoms with E-state index in [0.29, 0.717) is 0 Å². The van der Waals surface area contributed by atoms with E-state index in [1.807, 2.05) is 0 Å². The monoisotopic (exact) mass is 356 g/mol. The molecule has 8 atom stereocenters. The maximum Gasteiger partial charge on any atom is -1.00 e. The average Bonchev–Trinajstić information content (AvgIpc) is 3.00. The first kappa shape index (κ1) is 13.3. The summed E-state index contributed by atoms with van der Waals surface area (Å²) in [6, 6.07) is 0. The van der Waals surface area contributed by atoms with Crippen LogP contribution in [0.5, 0.6) is 0 Å². The van der Waals surface area contributed by atoms with Crippen molar-refractivity contribution < 1.29 is 26.1 Å². The fourth-order valence-corrected chi connectivity index (χ4v) is 12.7. The van der Waals surface area contributed by atoms with Crippen LogP contribution in [0, 0.1) is 35.5 Å². The smallest absolute Gasteiger partial charge is 1.00 e. The molecule has 0 aromatic carbocycles. The molecule has 21 heavy (non-hydrogen) atoms. The number of allylic oxidation sites excluding steroid dienone is 8. The third kappa shape index (κ3) is 2.10. The first-order valence-electron chi connectivity index (χ1n) is 8.86. The molecule has 1 heteroatoms. The zero-order valence-electron chi connectivity index (χ0n) is 14.6. The van der Waals surface area contributed by atoms with Gasteiger partial charge in [-0.1, -0.05) is 0 Å². The summed E-state index contributed by atoms with van der Waals surface area (Å²) in [5.74, 6) is 5.86. The van der Waals surface area contributed by atoms with Crippen LogP contribution in [0.25, 0.3) is 0 Å². The summed E-state index contributed by atoms with van der Waals surface area (Å²) in [6.45, 7) is 0. The van der Waals surface area contributed by atoms with Crippen LogP contribution in [-0.2, 0) is 23.2 Å². The predicted octanol–water partition coefficient (Wildman–Crippen LogP) is 5.42. The molecule has 3 fully saturated rings. The molecule has 1 saturated heterocycles. The van der Waals surface area contributed by atoms with E-state index in [4.69, 9.17) is 0 Å². The van der Waals surface area contributed by atoms with Gasteiger partial charge >= 0.3 is 140 Å². The van der Waals surface area contributed by atoms with Gasteiger partial charge < -0.3 is 2.85 Å². The van der Waals surface area contributed by atoms with E-state index in [9.17, 15) is 0 Å². The van der Waals surface area contributed by atoms with Crippen LogP contribution in [0.4, 0.5) is 0 Å². The van der Waals surface area contributed by atoms with Crippen molar-refractivity contribution >= 4 is 0 Å². The molecule has 1 heterocycles. The minimum Gasteiger partial charge on any atom is -1.00 e. The molecule has 0 aromatic heterocycles. The fourth-order valence-electron chi connectivity index (χ4n) is 5.94. The van der Waals surface area contributed by atoms with Crippen molar-refractivity contribution in [1.82, 2.24) is 0 Å². The van der Waals surface area contributed by atoms with Gasteiger partial charge in [0.25, 0.3) is 0 Å². The number of fused-ring (bicyclic) bond motifs is 6. The summed E-state index contributed by atoms with van der Waals surface area (Å²) in [7, 11) is 0. The molecular weight excluding hydrogens is 331 g/mol. The van der Waals surface area contributed by atoms with Gasteiger partial charge in [-0.15, -0.1) is 0 Å². The topological polar surface area (TPSA) is 0 Å². The second kappa shape index (κ2) is 5.19. The number of hydrogen-bond acceptors (Lipinski definition) is 0. The van der Waals surface area contributed by atoms with E-state index >= 15 is 0 Å². The molecule has 0 bridgehead atoms. The Balaban J connectivity index is 0.000000781. The van der Waals surface area contributed by atoms with Crippen LogP contribution in [-0.4, -0.2) is 0 Å². The van der Waals surface area contributed by atoms with Crippen molar-refractivity contribution in [2.24, 2.45) is 35.5 Å². The predicted molar refractivity (Wildman–Crippen MR) is 85.7 cm³/mol. The Morgan fingerprint density at radius 3 is 1.67 bits per heavy atom. The SMILES string of the molecule is C1=CC2CC3CCC4CC5C=CC=CC5[CH]4[Zr+2][CH]3C2C=C1.[H-].[H-]. The van der Waals surface area contributed by atoms with Gasteiger partial charge in [0, 0.05) is 0 Å². The second-order valence-corrected chi connectivity index (χ2v) is 11.9. The average molecular weight is 358 g/mol. The summed E-state index contributed by atoms with van der Waals surface area (Å²) in [5, 5.41) is 0. The Hall–Kier alpha value is -0.157. The van der Waals surface area contributed by atoms with E-state index in [0.717, 1.165) is 42.8 Å². The minimum atomic E-state index is -0.301. The van der Waals surface area contributed by atoms with Crippen LogP contribution in [0.15, 0.2) is 48.6 Å². The molecule has 4 aliphatic carbocycles. The van der Waals surface area contributed by atoms with E-state index in [-0.39, 0.29) is 26.1 Å². The molecule has 1 aliphatic heterocycles. The summed E-state index contributed by atoms with van der Waals surface area (Å²) in [5.41, 5.74) is 0. The molecule has 0 amide bonds. The second-order valence-electron chi connectivity index (χ2n) is 7.81. The normalized spacial score (nSPS) is 52.2. The largest absolute Gasteiger partial charge is 1.00 e. The Morgan fingerprint density at radius 2 is 1.14 bits per heavy atom. The molecule has 0 radical (unpaired) electrons. The zero-order valence-corrected chi connectivity index (χ0v) is 15.0.